The Kier molecular flexibility index (Phi) is 6.46. The highest BCUT2D eigenvalue weighted by Gasteiger charge is 2.43. The number of hydrogen-bond acceptors (Lipinski definition) is 3. The molecule has 2 atom stereocenters. The highest BCUT2D eigenvalue weighted by atomic mass is 35.5. The number of hydrogen-bond donors (Lipinski definition) is 1. The van der Waals surface area contributed by atoms with Crippen molar-refractivity contribution in [3.63, 3.8) is 0 Å². The summed E-state index contributed by atoms with van der Waals surface area (Å²) < 4.78 is 54.5. The number of rotatable bonds is 5. The van der Waals surface area contributed by atoms with Gasteiger partial charge in [-0.3, -0.25) is 4.79 Å². The normalized spacial score (nSPS) is 19.1. The third-order valence-corrected chi connectivity index (χ3v) is 5.63. The molecule has 3 rings (SSSR count). The minimum atomic E-state index is -4.85. The molecule has 2 aromatic rings. The first-order chi connectivity index (χ1) is 14.5. The highest BCUT2D eigenvalue weighted by molar-refractivity contribution is 6.32. The molecule has 0 spiro atoms. The van der Waals surface area contributed by atoms with Crippen molar-refractivity contribution in [2.75, 3.05) is 5.32 Å². The van der Waals surface area contributed by atoms with Crippen LogP contribution in [0.15, 0.2) is 36.4 Å². The molecule has 0 bridgehead atoms. The molecule has 1 aliphatic rings. The van der Waals surface area contributed by atoms with Crippen LogP contribution in [0.25, 0.3) is 0 Å². The van der Waals surface area contributed by atoms with E-state index in [9.17, 15) is 22.4 Å². The predicted octanol–water partition coefficient (Wildman–Crippen LogP) is 5.40. The van der Waals surface area contributed by atoms with Crippen LogP contribution in [-0.2, 0) is 17.4 Å². The lowest BCUT2D eigenvalue weighted by Crippen LogP contribution is -2.45. The van der Waals surface area contributed by atoms with E-state index in [0.29, 0.717) is 5.69 Å². The number of carbonyl (C=O) groups excluding carboxylic acids is 1. The van der Waals surface area contributed by atoms with Crippen molar-refractivity contribution in [3.05, 3.63) is 63.9 Å². The van der Waals surface area contributed by atoms with Crippen molar-refractivity contribution >= 4 is 23.2 Å². The summed E-state index contributed by atoms with van der Waals surface area (Å²) >= 11 is 6.07. The molecule has 1 fully saturated rings. The lowest BCUT2D eigenvalue weighted by molar-refractivity contribution is -0.140. The summed E-state index contributed by atoms with van der Waals surface area (Å²) in [5, 5.41) is 12.4. The first-order valence-corrected chi connectivity index (χ1v) is 10.0. The van der Waals surface area contributed by atoms with Crippen molar-refractivity contribution in [1.29, 1.82) is 5.26 Å². The highest BCUT2D eigenvalue weighted by Crippen LogP contribution is 2.37. The van der Waals surface area contributed by atoms with Crippen LogP contribution < -0.4 is 5.32 Å². The number of alkyl halides is 3. The van der Waals surface area contributed by atoms with E-state index in [1.54, 1.807) is 19.9 Å². The van der Waals surface area contributed by atoms with Crippen molar-refractivity contribution in [3.8, 4) is 6.07 Å². The Balaban J connectivity index is 1.97. The summed E-state index contributed by atoms with van der Waals surface area (Å²) in [7, 11) is 0. The van der Waals surface area contributed by atoms with Gasteiger partial charge in [0, 0.05) is 18.2 Å². The number of benzene rings is 2. The fraction of sp³-hybridized carbons (Fsp3) is 0.364. The number of amides is 1. The van der Waals surface area contributed by atoms with E-state index in [1.807, 2.05) is 6.07 Å². The largest absolute Gasteiger partial charge is 0.419 e. The maximum Gasteiger partial charge on any atom is 0.419 e. The molecule has 1 aliphatic heterocycles. The quantitative estimate of drug-likeness (QED) is 0.616. The zero-order chi connectivity index (χ0) is 22.9. The molecule has 1 heterocycles. The number of nitriles is 1. The summed E-state index contributed by atoms with van der Waals surface area (Å²) in [6, 6.07) is 8.46. The molecule has 164 valence electrons. The molecule has 1 amide bonds. The van der Waals surface area contributed by atoms with E-state index in [4.69, 9.17) is 16.9 Å². The standard InChI is InChI=1S/C22H20ClF4N3O/c1-12(2)30-19(8-13-4-3-5-17(24)21(13)22(25,26)27)18(10-20(30)31)29-15-7-6-14(11-28)16(23)9-15/h3-7,9,12,18-19,29H,8,10H2,1-2H3/t18-,19?/m0/s1. The van der Waals surface area contributed by atoms with Crippen LogP contribution in [0.4, 0.5) is 23.2 Å². The molecule has 1 saturated heterocycles. The molecule has 9 heteroatoms. The van der Waals surface area contributed by atoms with Gasteiger partial charge in [-0.25, -0.2) is 4.39 Å². The van der Waals surface area contributed by atoms with Crippen LogP contribution in [0.1, 0.15) is 37.0 Å². The van der Waals surface area contributed by atoms with Gasteiger partial charge in [-0.05, 0) is 50.1 Å². The SMILES string of the molecule is CC(C)N1C(=O)C[C@H](Nc2ccc(C#N)c(Cl)c2)C1Cc1cccc(F)c1C(F)(F)F. The van der Waals surface area contributed by atoms with E-state index in [-0.39, 0.29) is 40.9 Å². The topological polar surface area (TPSA) is 56.1 Å². The minimum Gasteiger partial charge on any atom is -0.380 e. The van der Waals surface area contributed by atoms with Gasteiger partial charge in [0.05, 0.1) is 28.2 Å². The molecule has 31 heavy (non-hydrogen) atoms. The van der Waals surface area contributed by atoms with Gasteiger partial charge < -0.3 is 10.2 Å². The first kappa shape index (κ1) is 22.9. The maximum atomic E-state index is 14.1. The van der Waals surface area contributed by atoms with Gasteiger partial charge in [0.2, 0.25) is 5.91 Å². The van der Waals surface area contributed by atoms with Crippen molar-refractivity contribution in [2.24, 2.45) is 0 Å². The van der Waals surface area contributed by atoms with Crippen molar-refractivity contribution < 1.29 is 22.4 Å². The van der Waals surface area contributed by atoms with Crippen LogP contribution >= 0.6 is 11.6 Å². The molecule has 0 radical (unpaired) electrons. The van der Waals surface area contributed by atoms with Crippen LogP contribution in [0.2, 0.25) is 5.02 Å². The summed E-state index contributed by atoms with van der Waals surface area (Å²) in [6.45, 7) is 3.56. The van der Waals surface area contributed by atoms with Crippen LogP contribution in [-0.4, -0.2) is 28.9 Å². The molecule has 2 aromatic carbocycles. The number of nitrogens with zero attached hydrogens (tertiary/aromatic N) is 2. The van der Waals surface area contributed by atoms with Gasteiger partial charge in [0.25, 0.3) is 0 Å². The molecule has 0 saturated carbocycles. The molecule has 0 aliphatic carbocycles. The number of halogens is 5. The summed E-state index contributed by atoms with van der Waals surface area (Å²) in [5.41, 5.74) is -0.696. The molecule has 0 aromatic heterocycles. The van der Waals surface area contributed by atoms with Gasteiger partial charge in [-0.2, -0.15) is 18.4 Å². The number of nitrogens with one attached hydrogen (secondary N) is 1. The summed E-state index contributed by atoms with van der Waals surface area (Å²) in [6.07, 6.45) is -4.95. The Morgan fingerprint density at radius 3 is 2.58 bits per heavy atom. The zero-order valence-corrected chi connectivity index (χ0v) is 17.6. The predicted molar refractivity (Wildman–Crippen MR) is 109 cm³/mol. The summed E-state index contributed by atoms with van der Waals surface area (Å²) in [4.78, 5) is 14.2. The van der Waals surface area contributed by atoms with Crippen LogP contribution in [0.3, 0.4) is 0 Å². The van der Waals surface area contributed by atoms with E-state index < -0.39 is 29.6 Å². The average molecular weight is 454 g/mol. The van der Waals surface area contributed by atoms with E-state index in [1.165, 1.54) is 29.2 Å². The Morgan fingerprint density at radius 2 is 2.00 bits per heavy atom. The average Bonchev–Trinajstić information content (AvgIpc) is 2.95. The Hall–Kier alpha value is -2.79. The van der Waals surface area contributed by atoms with E-state index in [2.05, 4.69) is 5.32 Å². The lowest BCUT2D eigenvalue weighted by atomic mass is 9.95. The number of anilines is 1. The van der Waals surface area contributed by atoms with E-state index >= 15 is 0 Å². The van der Waals surface area contributed by atoms with Gasteiger partial charge in [0.1, 0.15) is 11.9 Å². The first-order valence-electron chi connectivity index (χ1n) is 9.65. The van der Waals surface area contributed by atoms with E-state index in [0.717, 1.165) is 6.07 Å². The number of carbonyl (C=O) groups is 1. The van der Waals surface area contributed by atoms with Crippen molar-refractivity contribution in [2.45, 2.75) is 51.0 Å². The zero-order valence-electron chi connectivity index (χ0n) is 16.8. The second-order valence-corrected chi connectivity index (χ2v) is 8.11. The lowest BCUT2D eigenvalue weighted by Gasteiger charge is -2.33. The Bertz CT molecular complexity index is 1030. The molecule has 4 nitrogen and oxygen atoms in total. The molecular weight excluding hydrogens is 434 g/mol. The van der Waals surface area contributed by atoms with Crippen LogP contribution in [0.5, 0.6) is 0 Å². The Morgan fingerprint density at radius 1 is 1.29 bits per heavy atom. The number of likely N-dealkylation sites (tertiary alicyclic amines) is 1. The maximum absolute atomic E-state index is 14.1. The Labute approximate surface area is 182 Å². The third kappa shape index (κ3) is 4.77. The minimum absolute atomic E-state index is 0.0666. The fourth-order valence-electron chi connectivity index (χ4n) is 4.06. The smallest absolute Gasteiger partial charge is 0.380 e. The van der Waals surface area contributed by atoms with Gasteiger partial charge >= 0.3 is 6.18 Å². The molecule has 1 unspecified atom stereocenters. The second-order valence-electron chi connectivity index (χ2n) is 7.70. The fourth-order valence-corrected chi connectivity index (χ4v) is 4.28. The summed E-state index contributed by atoms with van der Waals surface area (Å²) in [5.74, 6) is -1.55. The molecule has 1 N–H and O–H groups in total. The van der Waals surface area contributed by atoms with Crippen LogP contribution in [0, 0.1) is 17.1 Å². The van der Waals surface area contributed by atoms with Gasteiger partial charge in [0.15, 0.2) is 0 Å². The third-order valence-electron chi connectivity index (χ3n) is 5.31. The van der Waals surface area contributed by atoms with Crippen molar-refractivity contribution in [1.82, 2.24) is 4.90 Å². The molecular formula is C22H20ClF4N3O. The van der Waals surface area contributed by atoms with Gasteiger partial charge in [-0.15, -0.1) is 0 Å². The van der Waals surface area contributed by atoms with Gasteiger partial charge in [-0.1, -0.05) is 23.7 Å². The second kappa shape index (κ2) is 8.75. The monoisotopic (exact) mass is 453 g/mol.